The Bertz CT molecular complexity index is 382. The molecule has 2 unspecified atom stereocenters. The first-order valence-corrected chi connectivity index (χ1v) is 6.34. The summed E-state index contributed by atoms with van der Waals surface area (Å²) in [5.74, 6) is -1.09. The van der Waals surface area contributed by atoms with E-state index < -0.39 is 11.6 Å². The molecule has 0 spiro atoms. The SMILES string of the molecule is CCC(C)CN(C)C(CN)c1ccc(F)c(F)c1. The largest absolute Gasteiger partial charge is 0.329 e. The van der Waals surface area contributed by atoms with E-state index in [1.54, 1.807) is 6.07 Å². The second-order valence-corrected chi connectivity index (χ2v) is 4.88. The first-order valence-electron chi connectivity index (χ1n) is 6.34. The molecular weight excluding hydrogens is 234 g/mol. The molecule has 2 nitrogen and oxygen atoms in total. The Kier molecular flexibility index (Phi) is 5.69. The van der Waals surface area contributed by atoms with Gasteiger partial charge >= 0.3 is 0 Å². The topological polar surface area (TPSA) is 29.3 Å². The fraction of sp³-hybridized carbons (Fsp3) is 0.571. The van der Waals surface area contributed by atoms with Crippen LogP contribution in [0.25, 0.3) is 0 Å². The van der Waals surface area contributed by atoms with Gasteiger partial charge in [0.2, 0.25) is 0 Å². The molecule has 4 heteroatoms. The fourth-order valence-corrected chi connectivity index (χ4v) is 2.04. The lowest BCUT2D eigenvalue weighted by Gasteiger charge is -2.29. The summed E-state index contributed by atoms with van der Waals surface area (Å²) < 4.78 is 26.1. The van der Waals surface area contributed by atoms with E-state index in [1.165, 1.54) is 6.07 Å². The maximum absolute atomic E-state index is 13.2. The highest BCUT2D eigenvalue weighted by molar-refractivity contribution is 5.21. The van der Waals surface area contributed by atoms with Crippen LogP contribution in [0.15, 0.2) is 18.2 Å². The van der Waals surface area contributed by atoms with Gasteiger partial charge in [0.05, 0.1) is 0 Å². The zero-order valence-electron chi connectivity index (χ0n) is 11.3. The van der Waals surface area contributed by atoms with E-state index in [4.69, 9.17) is 5.73 Å². The van der Waals surface area contributed by atoms with Crippen molar-refractivity contribution in [2.45, 2.75) is 26.3 Å². The molecule has 18 heavy (non-hydrogen) atoms. The van der Waals surface area contributed by atoms with Crippen molar-refractivity contribution >= 4 is 0 Å². The molecule has 1 rings (SSSR count). The van der Waals surface area contributed by atoms with Crippen molar-refractivity contribution in [2.75, 3.05) is 20.1 Å². The second kappa shape index (κ2) is 6.81. The van der Waals surface area contributed by atoms with Crippen molar-refractivity contribution in [3.8, 4) is 0 Å². The molecule has 2 atom stereocenters. The zero-order chi connectivity index (χ0) is 13.7. The molecule has 0 saturated carbocycles. The van der Waals surface area contributed by atoms with Gasteiger partial charge < -0.3 is 5.73 Å². The monoisotopic (exact) mass is 256 g/mol. The first-order chi connectivity index (χ1) is 8.49. The lowest BCUT2D eigenvalue weighted by molar-refractivity contribution is 0.214. The summed E-state index contributed by atoms with van der Waals surface area (Å²) >= 11 is 0. The quantitative estimate of drug-likeness (QED) is 0.848. The van der Waals surface area contributed by atoms with Crippen LogP contribution in [0.4, 0.5) is 8.78 Å². The van der Waals surface area contributed by atoms with Crippen molar-refractivity contribution in [1.82, 2.24) is 4.90 Å². The van der Waals surface area contributed by atoms with Gasteiger partial charge in [-0.15, -0.1) is 0 Å². The Labute approximate surface area is 108 Å². The van der Waals surface area contributed by atoms with Crippen LogP contribution in [-0.4, -0.2) is 25.0 Å². The van der Waals surface area contributed by atoms with E-state index in [9.17, 15) is 8.78 Å². The number of nitrogens with zero attached hydrogens (tertiary/aromatic N) is 1. The highest BCUT2D eigenvalue weighted by Gasteiger charge is 2.18. The summed E-state index contributed by atoms with van der Waals surface area (Å²) in [6, 6.07) is 3.92. The van der Waals surface area contributed by atoms with Crippen LogP contribution in [0.5, 0.6) is 0 Å². The molecule has 0 heterocycles. The summed E-state index contributed by atoms with van der Waals surface area (Å²) in [4.78, 5) is 2.10. The van der Waals surface area contributed by atoms with Crippen LogP contribution in [-0.2, 0) is 0 Å². The second-order valence-electron chi connectivity index (χ2n) is 4.88. The molecule has 0 aliphatic carbocycles. The lowest BCUT2D eigenvalue weighted by atomic mass is 10.0. The number of benzene rings is 1. The molecule has 0 bridgehead atoms. The number of rotatable bonds is 6. The zero-order valence-corrected chi connectivity index (χ0v) is 11.3. The molecule has 0 saturated heterocycles. The summed E-state index contributed by atoms with van der Waals surface area (Å²) in [7, 11) is 1.96. The standard InChI is InChI=1S/C14H22F2N2/c1-4-10(2)9-18(3)14(8-17)11-5-6-12(15)13(16)7-11/h5-7,10,14H,4,8-9,17H2,1-3H3. The molecule has 0 radical (unpaired) electrons. The predicted molar refractivity (Wildman–Crippen MR) is 70.2 cm³/mol. The van der Waals surface area contributed by atoms with Crippen molar-refractivity contribution in [3.05, 3.63) is 35.4 Å². The molecule has 0 amide bonds. The molecule has 0 aromatic heterocycles. The van der Waals surface area contributed by atoms with E-state index in [0.717, 1.165) is 24.6 Å². The molecule has 2 N–H and O–H groups in total. The van der Waals surface area contributed by atoms with Crippen molar-refractivity contribution < 1.29 is 8.78 Å². The summed E-state index contributed by atoms with van der Waals surface area (Å²) in [6.45, 7) is 5.57. The maximum Gasteiger partial charge on any atom is 0.159 e. The van der Waals surface area contributed by atoms with Gasteiger partial charge in [-0.3, -0.25) is 4.90 Å². The molecular formula is C14H22F2N2. The van der Waals surface area contributed by atoms with E-state index in [0.29, 0.717) is 12.5 Å². The van der Waals surface area contributed by atoms with Gasteiger partial charge in [0, 0.05) is 19.1 Å². The highest BCUT2D eigenvalue weighted by atomic mass is 19.2. The Morgan fingerprint density at radius 3 is 2.44 bits per heavy atom. The van der Waals surface area contributed by atoms with E-state index in [1.807, 2.05) is 7.05 Å². The van der Waals surface area contributed by atoms with Crippen molar-refractivity contribution in [3.63, 3.8) is 0 Å². The Morgan fingerprint density at radius 2 is 1.94 bits per heavy atom. The number of hydrogen-bond acceptors (Lipinski definition) is 2. The van der Waals surface area contributed by atoms with Crippen LogP contribution in [0, 0.1) is 17.6 Å². The van der Waals surface area contributed by atoms with Gasteiger partial charge in [-0.1, -0.05) is 26.3 Å². The number of likely N-dealkylation sites (N-methyl/N-ethyl adjacent to an activating group) is 1. The van der Waals surface area contributed by atoms with Crippen LogP contribution >= 0.6 is 0 Å². The minimum atomic E-state index is -0.820. The Balaban J connectivity index is 2.84. The average molecular weight is 256 g/mol. The fourth-order valence-electron chi connectivity index (χ4n) is 2.04. The van der Waals surface area contributed by atoms with Gasteiger partial charge in [-0.05, 0) is 30.7 Å². The molecule has 1 aromatic rings. The Morgan fingerprint density at radius 1 is 1.28 bits per heavy atom. The van der Waals surface area contributed by atoms with Crippen LogP contribution in [0.1, 0.15) is 31.9 Å². The van der Waals surface area contributed by atoms with Crippen molar-refractivity contribution in [2.24, 2.45) is 11.7 Å². The van der Waals surface area contributed by atoms with Gasteiger partial charge in [-0.25, -0.2) is 8.78 Å². The van der Waals surface area contributed by atoms with E-state index in [-0.39, 0.29) is 6.04 Å². The van der Waals surface area contributed by atoms with Crippen LogP contribution in [0.2, 0.25) is 0 Å². The molecule has 102 valence electrons. The lowest BCUT2D eigenvalue weighted by Crippen LogP contribution is -2.33. The molecule has 0 aliphatic heterocycles. The van der Waals surface area contributed by atoms with Gasteiger partial charge in [0.15, 0.2) is 11.6 Å². The molecule has 0 fully saturated rings. The van der Waals surface area contributed by atoms with E-state index >= 15 is 0 Å². The first kappa shape index (κ1) is 15.1. The minimum Gasteiger partial charge on any atom is -0.329 e. The number of nitrogens with two attached hydrogens (primary N) is 1. The highest BCUT2D eigenvalue weighted by Crippen LogP contribution is 2.21. The van der Waals surface area contributed by atoms with Gasteiger partial charge in [0.1, 0.15) is 0 Å². The third-order valence-electron chi connectivity index (χ3n) is 3.38. The minimum absolute atomic E-state index is 0.0749. The Hall–Kier alpha value is -1.00. The average Bonchev–Trinajstić information content (AvgIpc) is 2.34. The van der Waals surface area contributed by atoms with Crippen LogP contribution in [0.3, 0.4) is 0 Å². The third kappa shape index (κ3) is 3.75. The van der Waals surface area contributed by atoms with Gasteiger partial charge in [-0.2, -0.15) is 0 Å². The molecule has 1 aromatic carbocycles. The smallest absolute Gasteiger partial charge is 0.159 e. The normalized spacial score (nSPS) is 14.8. The van der Waals surface area contributed by atoms with Gasteiger partial charge in [0.25, 0.3) is 0 Å². The summed E-state index contributed by atoms with van der Waals surface area (Å²) in [5.41, 5.74) is 6.48. The van der Waals surface area contributed by atoms with E-state index in [2.05, 4.69) is 18.7 Å². The third-order valence-corrected chi connectivity index (χ3v) is 3.38. The summed E-state index contributed by atoms with van der Waals surface area (Å²) in [6.07, 6.45) is 1.08. The molecule has 0 aliphatic rings. The predicted octanol–water partition coefficient (Wildman–Crippen LogP) is 2.94. The maximum atomic E-state index is 13.2. The summed E-state index contributed by atoms with van der Waals surface area (Å²) in [5, 5.41) is 0. The number of halogens is 2. The van der Waals surface area contributed by atoms with Crippen LogP contribution < -0.4 is 5.73 Å². The number of hydrogen-bond donors (Lipinski definition) is 1. The van der Waals surface area contributed by atoms with Crippen molar-refractivity contribution in [1.29, 1.82) is 0 Å².